The maximum Gasteiger partial charge on any atom is 0.0599 e. The predicted octanol–water partition coefficient (Wildman–Crippen LogP) is 4.16. The molecule has 0 aliphatic rings. The summed E-state index contributed by atoms with van der Waals surface area (Å²) in [6, 6.07) is 21.4. The lowest BCUT2D eigenvalue weighted by molar-refractivity contribution is 0.302. The number of rotatable bonds is 9. The van der Waals surface area contributed by atoms with Crippen molar-refractivity contribution in [3.05, 3.63) is 71.8 Å². The Hall–Kier alpha value is -1.42. The third-order valence-corrected chi connectivity index (χ3v) is 5.12. The van der Waals surface area contributed by atoms with Crippen LogP contribution in [0.5, 0.6) is 0 Å². The summed E-state index contributed by atoms with van der Waals surface area (Å²) in [5.74, 6) is 0. The van der Waals surface area contributed by atoms with Crippen LogP contribution in [-0.4, -0.2) is 32.2 Å². The average Bonchev–Trinajstić information content (AvgIpc) is 2.52. The van der Waals surface area contributed by atoms with Crippen LogP contribution in [0, 0.1) is 0 Å². The van der Waals surface area contributed by atoms with E-state index in [1.165, 1.54) is 17.3 Å². The smallest absolute Gasteiger partial charge is 0.0599 e. The Morgan fingerprint density at radius 2 is 1.39 bits per heavy atom. The van der Waals surface area contributed by atoms with Crippen molar-refractivity contribution in [1.29, 1.82) is 0 Å². The van der Waals surface area contributed by atoms with Gasteiger partial charge in [-0.1, -0.05) is 80.3 Å². The zero-order valence-electron chi connectivity index (χ0n) is 14.8. The first kappa shape index (κ1) is 17.9. The van der Waals surface area contributed by atoms with Crippen molar-refractivity contribution in [3.63, 3.8) is 0 Å². The van der Waals surface area contributed by atoms with Crippen molar-refractivity contribution in [2.24, 2.45) is 0 Å². The van der Waals surface area contributed by atoms with Crippen molar-refractivity contribution >= 4 is 8.07 Å². The molecule has 0 saturated heterocycles. The highest BCUT2D eigenvalue weighted by Gasteiger charge is 2.18. The number of nitrogens with one attached hydrogen (secondary N) is 1. The van der Waals surface area contributed by atoms with Crippen LogP contribution in [0.4, 0.5) is 0 Å². The van der Waals surface area contributed by atoms with Crippen molar-refractivity contribution in [2.75, 3.05) is 19.3 Å². The lowest BCUT2D eigenvalue weighted by Crippen LogP contribution is -2.42. The molecule has 0 fully saturated rings. The lowest BCUT2D eigenvalue weighted by Gasteiger charge is -2.29. The van der Waals surface area contributed by atoms with E-state index in [1.54, 1.807) is 0 Å². The van der Waals surface area contributed by atoms with Gasteiger partial charge >= 0.3 is 0 Å². The molecule has 2 aromatic carbocycles. The minimum atomic E-state index is -1.10. The number of hydrogen-bond donors (Lipinski definition) is 1. The number of nitrogens with zero attached hydrogens (tertiary/aromatic N) is 1. The van der Waals surface area contributed by atoms with E-state index < -0.39 is 8.07 Å². The fraction of sp³-hybridized carbons (Fsp3) is 0.400. The first-order valence-electron chi connectivity index (χ1n) is 8.54. The summed E-state index contributed by atoms with van der Waals surface area (Å²) >= 11 is 0. The zero-order chi connectivity index (χ0) is 16.5. The second kappa shape index (κ2) is 9.01. The Kier molecular flexibility index (Phi) is 7.03. The first-order valence-corrected chi connectivity index (χ1v) is 12.2. The lowest BCUT2D eigenvalue weighted by atomic mass is 10.2. The molecule has 0 atom stereocenters. The molecular formula is C20H30N2Si. The highest BCUT2D eigenvalue weighted by molar-refractivity contribution is 6.76. The van der Waals surface area contributed by atoms with Gasteiger partial charge in [-0.15, -0.1) is 0 Å². The minimum absolute atomic E-state index is 0.951. The summed E-state index contributed by atoms with van der Waals surface area (Å²) in [7, 11) is -1.10. The van der Waals surface area contributed by atoms with Crippen molar-refractivity contribution < 1.29 is 0 Å². The zero-order valence-corrected chi connectivity index (χ0v) is 15.8. The molecule has 2 aromatic rings. The largest absolute Gasteiger partial charge is 0.311 e. The molecule has 0 bridgehead atoms. The third-order valence-electron chi connectivity index (χ3n) is 3.72. The van der Waals surface area contributed by atoms with E-state index in [2.05, 4.69) is 90.5 Å². The van der Waals surface area contributed by atoms with E-state index in [-0.39, 0.29) is 0 Å². The molecule has 3 heteroatoms. The van der Waals surface area contributed by atoms with E-state index in [0.29, 0.717) is 0 Å². The van der Waals surface area contributed by atoms with Gasteiger partial charge < -0.3 is 10.2 Å². The Bertz CT molecular complexity index is 549. The molecule has 2 nitrogen and oxygen atoms in total. The summed E-state index contributed by atoms with van der Waals surface area (Å²) in [6.07, 6.45) is 1.24. The van der Waals surface area contributed by atoms with Crippen LogP contribution < -0.4 is 5.32 Å². The monoisotopic (exact) mass is 326 g/mol. The molecule has 124 valence electrons. The van der Waals surface area contributed by atoms with Crippen molar-refractivity contribution in [1.82, 2.24) is 10.2 Å². The van der Waals surface area contributed by atoms with E-state index in [0.717, 1.165) is 26.2 Å². The van der Waals surface area contributed by atoms with E-state index in [1.807, 2.05) is 0 Å². The second-order valence-corrected chi connectivity index (χ2v) is 12.9. The van der Waals surface area contributed by atoms with Crippen molar-refractivity contribution in [3.8, 4) is 0 Å². The van der Waals surface area contributed by atoms with Gasteiger partial charge in [0.05, 0.1) is 8.07 Å². The van der Waals surface area contributed by atoms with E-state index in [4.69, 9.17) is 0 Å². The maximum atomic E-state index is 3.58. The van der Waals surface area contributed by atoms with Gasteiger partial charge in [-0.2, -0.15) is 0 Å². The van der Waals surface area contributed by atoms with Crippen LogP contribution in [0.2, 0.25) is 19.6 Å². The Morgan fingerprint density at radius 3 is 1.96 bits per heavy atom. The predicted molar refractivity (Wildman–Crippen MR) is 103 cm³/mol. The molecule has 0 radical (unpaired) electrons. The van der Waals surface area contributed by atoms with E-state index in [9.17, 15) is 0 Å². The molecule has 0 aromatic heterocycles. The fourth-order valence-electron chi connectivity index (χ4n) is 2.79. The van der Waals surface area contributed by atoms with Crippen molar-refractivity contribution in [2.45, 2.75) is 32.7 Å². The van der Waals surface area contributed by atoms with Gasteiger partial charge in [-0.25, -0.2) is 0 Å². The molecular weight excluding hydrogens is 296 g/mol. The van der Waals surface area contributed by atoms with Crippen LogP contribution in [0.15, 0.2) is 60.7 Å². The molecule has 23 heavy (non-hydrogen) atoms. The maximum absolute atomic E-state index is 3.58. The molecule has 0 unspecified atom stereocenters. The SMILES string of the molecule is C[Si](C)(C)CN(CCNCc1ccccc1)Cc1ccccc1. The molecule has 0 aliphatic carbocycles. The standard InChI is InChI=1S/C20H30N2Si/c1-23(2,3)18-22(17-20-12-8-5-9-13-20)15-14-21-16-19-10-6-4-7-11-19/h4-13,21H,14-18H2,1-3H3. The van der Waals surface area contributed by atoms with Crippen LogP contribution in [0.1, 0.15) is 11.1 Å². The number of benzene rings is 2. The quantitative estimate of drug-likeness (QED) is 0.550. The van der Waals surface area contributed by atoms with Gasteiger partial charge in [0.2, 0.25) is 0 Å². The van der Waals surface area contributed by atoms with E-state index >= 15 is 0 Å². The first-order chi connectivity index (χ1) is 11.0. The number of hydrogen-bond acceptors (Lipinski definition) is 2. The third kappa shape index (κ3) is 7.60. The van der Waals surface area contributed by atoms with Crippen LogP contribution in [0.3, 0.4) is 0 Å². The van der Waals surface area contributed by atoms with Crippen LogP contribution in [0.25, 0.3) is 0 Å². The van der Waals surface area contributed by atoms with Gasteiger partial charge in [-0.05, 0) is 17.3 Å². The molecule has 0 saturated carbocycles. The Balaban J connectivity index is 1.82. The van der Waals surface area contributed by atoms with Gasteiger partial charge in [0.25, 0.3) is 0 Å². The minimum Gasteiger partial charge on any atom is -0.311 e. The topological polar surface area (TPSA) is 15.3 Å². The molecule has 0 amide bonds. The highest BCUT2D eigenvalue weighted by atomic mass is 28.3. The Morgan fingerprint density at radius 1 is 0.826 bits per heavy atom. The summed E-state index contributed by atoms with van der Waals surface area (Å²) in [5.41, 5.74) is 2.76. The van der Waals surface area contributed by atoms with Crippen LogP contribution >= 0.6 is 0 Å². The van der Waals surface area contributed by atoms with Crippen LogP contribution in [-0.2, 0) is 13.1 Å². The molecule has 2 rings (SSSR count). The average molecular weight is 327 g/mol. The molecule has 0 heterocycles. The Labute approximate surface area is 142 Å². The molecule has 0 spiro atoms. The molecule has 0 aliphatic heterocycles. The van der Waals surface area contributed by atoms with Gasteiger partial charge in [0, 0.05) is 26.2 Å². The fourth-order valence-corrected chi connectivity index (χ4v) is 4.40. The summed E-state index contributed by atoms with van der Waals surface area (Å²) in [6.45, 7) is 11.5. The van der Waals surface area contributed by atoms with Gasteiger partial charge in [-0.3, -0.25) is 0 Å². The van der Waals surface area contributed by atoms with Gasteiger partial charge in [0.1, 0.15) is 0 Å². The summed E-state index contributed by atoms with van der Waals surface area (Å²) in [4.78, 5) is 2.61. The second-order valence-electron chi connectivity index (χ2n) is 7.42. The highest BCUT2D eigenvalue weighted by Crippen LogP contribution is 2.09. The summed E-state index contributed by atoms with van der Waals surface area (Å²) < 4.78 is 0. The molecule has 1 N–H and O–H groups in total. The normalized spacial score (nSPS) is 11.8. The van der Waals surface area contributed by atoms with Gasteiger partial charge in [0.15, 0.2) is 0 Å². The summed E-state index contributed by atoms with van der Waals surface area (Å²) in [5, 5.41) is 3.58.